The van der Waals surface area contributed by atoms with Crippen molar-refractivity contribution in [1.82, 2.24) is 14.8 Å². The van der Waals surface area contributed by atoms with Crippen LogP contribution in [0.1, 0.15) is 37.6 Å². The first-order valence-electron chi connectivity index (χ1n) is 11.3. The molecule has 0 radical (unpaired) electrons. The molecule has 33 heavy (non-hydrogen) atoms. The number of aliphatic hydroxyl groups excluding tert-OH is 1. The first-order chi connectivity index (χ1) is 15.8. The molecule has 0 aliphatic carbocycles. The fraction of sp³-hybridized carbons (Fsp3) is 0.480. The zero-order valence-electron chi connectivity index (χ0n) is 19.9. The van der Waals surface area contributed by atoms with E-state index in [1.54, 1.807) is 36.2 Å². The van der Waals surface area contributed by atoms with E-state index in [0.717, 1.165) is 11.1 Å². The molecule has 8 nitrogen and oxygen atoms in total. The molecule has 1 aliphatic heterocycles. The standard InChI is InChI=1S/C25H33N3O5/c1-6-23(30)27(4)14-22-16(2)13-28(17(3)15-29)25(31)20-11-18(12-26-24(20)33-22)19-9-7-8-10-21(19)32-5/h7-12,16-17,22,29H,6,13-15H2,1-5H3/t16-,17-,22+/m1/s1. The summed E-state index contributed by atoms with van der Waals surface area (Å²) in [4.78, 5) is 33.5. The number of nitrogens with zero attached hydrogens (tertiary/aromatic N) is 3. The molecule has 0 fully saturated rings. The average molecular weight is 456 g/mol. The first-order valence-corrected chi connectivity index (χ1v) is 11.3. The van der Waals surface area contributed by atoms with Crippen LogP contribution in [0.25, 0.3) is 11.1 Å². The van der Waals surface area contributed by atoms with Crippen LogP contribution in [0.5, 0.6) is 11.6 Å². The second kappa shape index (κ2) is 10.7. The van der Waals surface area contributed by atoms with Crippen molar-refractivity contribution < 1.29 is 24.2 Å². The Hall–Kier alpha value is -3.13. The number of fused-ring (bicyclic) bond motifs is 1. The minimum absolute atomic E-state index is 0.0178. The lowest BCUT2D eigenvalue weighted by molar-refractivity contribution is -0.131. The van der Waals surface area contributed by atoms with Gasteiger partial charge in [0.05, 0.1) is 26.3 Å². The molecule has 0 bridgehead atoms. The number of carbonyl (C=O) groups is 2. The Morgan fingerprint density at radius 3 is 2.76 bits per heavy atom. The predicted octanol–water partition coefficient (Wildman–Crippen LogP) is 2.85. The minimum atomic E-state index is -0.378. The Morgan fingerprint density at radius 2 is 2.09 bits per heavy atom. The third-order valence-electron chi connectivity index (χ3n) is 6.12. The van der Waals surface area contributed by atoms with Crippen LogP contribution >= 0.6 is 0 Å². The van der Waals surface area contributed by atoms with Gasteiger partial charge in [0, 0.05) is 43.3 Å². The van der Waals surface area contributed by atoms with E-state index >= 15 is 0 Å². The normalized spacial score (nSPS) is 19.1. The third-order valence-corrected chi connectivity index (χ3v) is 6.12. The molecule has 1 aliphatic rings. The van der Waals surface area contributed by atoms with E-state index in [0.29, 0.717) is 30.8 Å². The molecule has 3 rings (SSSR count). The molecular formula is C25H33N3O5. The quantitative estimate of drug-likeness (QED) is 0.690. The maximum absolute atomic E-state index is 13.6. The van der Waals surface area contributed by atoms with E-state index in [9.17, 15) is 14.7 Å². The fourth-order valence-electron chi connectivity index (χ4n) is 3.99. The highest BCUT2D eigenvalue weighted by Crippen LogP contribution is 2.34. The SMILES string of the molecule is CCC(=O)N(C)C[C@@H]1Oc2ncc(-c3ccccc3OC)cc2C(=O)N([C@H](C)CO)C[C@H]1C. The summed E-state index contributed by atoms with van der Waals surface area (Å²) in [5.41, 5.74) is 1.85. The maximum atomic E-state index is 13.6. The summed E-state index contributed by atoms with van der Waals surface area (Å²) in [7, 11) is 3.35. The van der Waals surface area contributed by atoms with E-state index in [1.807, 2.05) is 45.0 Å². The number of amides is 2. The van der Waals surface area contributed by atoms with Crippen molar-refractivity contribution in [1.29, 1.82) is 0 Å². The number of hydrogen-bond donors (Lipinski definition) is 1. The van der Waals surface area contributed by atoms with Crippen molar-refractivity contribution in [2.24, 2.45) is 5.92 Å². The Bertz CT molecular complexity index is 996. The monoisotopic (exact) mass is 455 g/mol. The van der Waals surface area contributed by atoms with Crippen LogP contribution in [0.15, 0.2) is 36.5 Å². The topological polar surface area (TPSA) is 92.2 Å². The number of carbonyl (C=O) groups excluding carboxylic acids is 2. The van der Waals surface area contributed by atoms with Crippen LogP contribution in [0.3, 0.4) is 0 Å². The van der Waals surface area contributed by atoms with Crippen LogP contribution in [-0.2, 0) is 4.79 Å². The molecule has 0 unspecified atom stereocenters. The van der Waals surface area contributed by atoms with Gasteiger partial charge in [0.25, 0.3) is 5.91 Å². The lowest BCUT2D eigenvalue weighted by atomic mass is 9.99. The van der Waals surface area contributed by atoms with Crippen LogP contribution in [0.4, 0.5) is 0 Å². The zero-order chi connectivity index (χ0) is 24.1. The molecule has 3 atom stereocenters. The molecule has 1 aromatic carbocycles. The number of ether oxygens (including phenoxy) is 2. The molecule has 8 heteroatoms. The molecular weight excluding hydrogens is 422 g/mol. The Balaban J connectivity index is 2.07. The summed E-state index contributed by atoms with van der Waals surface area (Å²) in [6.07, 6.45) is 1.70. The summed E-state index contributed by atoms with van der Waals surface area (Å²) in [5, 5.41) is 9.81. The van der Waals surface area contributed by atoms with Crippen LogP contribution in [0, 0.1) is 5.92 Å². The summed E-state index contributed by atoms with van der Waals surface area (Å²) >= 11 is 0. The Labute approximate surface area is 195 Å². The van der Waals surface area contributed by atoms with Crippen molar-refractivity contribution in [2.45, 2.75) is 39.3 Å². The van der Waals surface area contributed by atoms with Gasteiger partial charge in [0.15, 0.2) is 0 Å². The van der Waals surface area contributed by atoms with E-state index in [2.05, 4.69) is 4.98 Å². The van der Waals surface area contributed by atoms with Crippen LogP contribution < -0.4 is 9.47 Å². The van der Waals surface area contributed by atoms with E-state index in [-0.39, 0.29) is 42.4 Å². The molecule has 0 spiro atoms. The molecule has 178 valence electrons. The van der Waals surface area contributed by atoms with Crippen molar-refractivity contribution in [3.8, 4) is 22.8 Å². The van der Waals surface area contributed by atoms with Crippen molar-refractivity contribution in [3.63, 3.8) is 0 Å². The number of likely N-dealkylation sites (N-methyl/N-ethyl adjacent to an activating group) is 1. The second-order valence-corrected chi connectivity index (χ2v) is 8.53. The molecule has 1 aromatic heterocycles. The van der Waals surface area contributed by atoms with Crippen molar-refractivity contribution >= 4 is 11.8 Å². The van der Waals surface area contributed by atoms with Gasteiger partial charge in [-0.2, -0.15) is 0 Å². The van der Waals surface area contributed by atoms with Gasteiger partial charge in [-0.15, -0.1) is 0 Å². The number of hydrogen-bond acceptors (Lipinski definition) is 6. The summed E-state index contributed by atoms with van der Waals surface area (Å²) in [5.74, 6) is 0.579. The number of aliphatic hydroxyl groups is 1. The smallest absolute Gasteiger partial charge is 0.259 e. The van der Waals surface area contributed by atoms with Gasteiger partial charge in [-0.3, -0.25) is 9.59 Å². The first kappa shape index (κ1) is 24.5. The van der Waals surface area contributed by atoms with Crippen LogP contribution in [-0.4, -0.2) is 77.7 Å². The van der Waals surface area contributed by atoms with Gasteiger partial charge < -0.3 is 24.4 Å². The number of benzene rings is 1. The zero-order valence-corrected chi connectivity index (χ0v) is 19.9. The Morgan fingerprint density at radius 1 is 1.36 bits per heavy atom. The number of methoxy groups -OCH3 is 1. The summed E-state index contributed by atoms with van der Waals surface area (Å²) in [6, 6.07) is 8.90. The number of aromatic nitrogens is 1. The van der Waals surface area contributed by atoms with Gasteiger partial charge >= 0.3 is 0 Å². The minimum Gasteiger partial charge on any atom is -0.496 e. The Kier molecular flexibility index (Phi) is 7.92. The summed E-state index contributed by atoms with van der Waals surface area (Å²) < 4.78 is 11.7. The number of para-hydroxylation sites is 1. The van der Waals surface area contributed by atoms with Gasteiger partial charge in [0.1, 0.15) is 17.4 Å². The average Bonchev–Trinajstić information content (AvgIpc) is 2.84. The molecule has 0 saturated heterocycles. The van der Waals surface area contributed by atoms with E-state index in [1.165, 1.54) is 0 Å². The maximum Gasteiger partial charge on any atom is 0.259 e. The van der Waals surface area contributed by atoms with E-state index in [4.69, 9.17) is 9.47 Å². The van der Waals surface area contributed by atoms with Gasteiger partial charge in [-0.1, -0.05) is 32.0 Å². The molecule has 2 heterocycles. The third kappa shape index (κ3) is 5.27. The molecule has 2 aromatic rings. The fourth-order valence-corrected chi connectivity index (χ4v) is 3.99. The second-order valence-electron chi connectivity index (χ2n) is 8.53. The molecule has 1 N–H and O–H groups in total. The highest BCUT2D eigenvalue weighted by molar-refractivity contribution is 5.98. The van der Waals surface area contributed by atoms with Gasteiger partial charge in [-0.05, 0) is 19.1 Å². The van der Waals surface area contributed by atoms with Gasteiger partial charge in [-0.25, -0.2) is 4.98 Å². The van der Waals surface area contributed by atoms with Crippen LogP contribution in [0.2, 0.25) is 0 Å². The lowest BCUT2D eigenvalue weighted by Gasteiger charge is -2.37. The van der Waals surface area contributed by atoms with Crippen molar-refractivity contribution in [3.05, 3.63) is 42.1 Å². The van der Waals surface area contributed by atoms with E-state index < -0.39 is 0 Å². The number of pyridine rings is 1. The van der Waals surface area contributed by atoms with Crippen molar-refractivity contribution in [2.75, 3.05) is 33.9 Å². The number of rotatable bonds is 7. The van der Waals surface area contributed by atoms with Gasteiger partial charge in [0.2, 0.25) is 11.8 Å². The highest BCUT2D eigenvalue weighted by Gasteiger charge is 2.34. The largest absolute Gasteiger partial charge is 0.496 e. The summed E-state index contributed by atoms with van der Waals surface area (Å²) in [6.45, 7) is 6.21. The predicted molar refractivity (Wildman–Crippen MR) is 125 cm³/mol. The molecule has 0 saturated carbocycles. The lowest BCUT2D eigenvalue weighted by Crippen LogP contribution is -2.50. The molecule has 2 amide bonds. The highest BCUT2D eigenvalue weighted by atomic mass is 16.5.